The predicted molar refractivity (Wildman–Crippen MR) is 81.0 cm³/mol. The van der Waals surface area contributed by atoms with E-state index in [-0.39, 0.29) is 31.4 Å². The number of aliphatic hydroxyl groups excluding tert-OH is 2. The van der Waals surface area contributed by atoms with Gasteiger partial charge < -0.3 is 24.6 Å². The molecule has 1 aliphatic rings. The lowest BCUT2D eigenvalue weighted by atomic mass is 9.94. The van der Waals surface area contributed by atoms with Gasteiger partial charge in [-0.15, -0.1) is 0 Å². The molecular weight excluding hydrogens is 286 g/mol. The number of carbonyl (C=O) groups excluding carboxylic acids is 1. The molecule has 122 valence electrons. The van der Waals surface area contributed by atoms with Crippen molar-refractivity contribution in [3.8, 4) is 11.5 Å². The molecule has 0 saturated carbocycles. The smallest absolute Gasteiger partial charge is 0.227 e. The SMILES string of the molecule is COc1cc(CC(=O)N2CC[C@H](CO)[C@H](O)C2)cc(OC)c1. The molecule has 1 aromatic rings. The lowest BCUT2D eigenvalue weighted by Crippen LogP contribution is -2.48. The van der Waals surface area contributed by atoms with Gasteiger partial charge in [0.25, 0.3) is 0 Å². The summed E-state index contributed by atoms with van der Waals surface area (Å²) in [6.07, 6.45) is 0.178. The van der Waals surface area contributed by atoms with E-state index in [1.807, 2.05) is 0 Å². The molecule has 0 bridgehead atoms. The number of β-amino-alcohol motifs (C(OH)–C–C–N with tert-alkyl or cyclic N) is 1. The number of ether oxygens (including phenoxy) is 2. The van der Waals surface area contributed by atoms with Crippen LogP contribution in [0.1, 0.15) is 12.0 Å². The number of aliphatic hydroxyl groups is 2. The van der Waals surface area contributed by atoms with Crippen molar-refractivity contribution in [2.75, 3.05) is 33.9 Å². The Morgan fingerprint density at radius 1 is 1.27 bits per heavy atom. The lowest BCUT2D eigenvalue weighted by molar-refractivity contribution is -0.135. The van der Waals surface area contributed by atoms with Crippen LogP contribution in [0.15, 0.2) is 18.2 Å². The van der Waals surface area contributed by atoms with Crippen LogP contribution in [0.3, 0.4) is 0 Å². The van der Waals surface area contributed by atoms with Crippen LogP contribution in [-0.4, -0.2) is 61.0 Å². The molecule has 0 spiro atoms. The Kier molecular flexibility index (Phi) is 5.63. The molecule has 1 aliphatic heterocycles. The number of benzene rings is 1. The van der Waals surface area contributed by atoms with Gasteiger partial charge in [-0.25, -0.2) is 0 Å². The molecule has 22 heavy (non-hydrogen) atoms. The van der Waals surface area contributed by atoms with E-state index in [1.54, 1.807) is 37.3 Å². The van der Waals surface area contributed by atoms with E-state index in [2.05, 4.69) is 0 Å². The van der Waals surface area contributed by atoms with Crippen molar-refractivity contribution in [1.29, 1.82) is 0 Å². The molecule has 0 radical (unpaired) electrons. The van der Waals surface area contributed by atoms with Crippen molar-refractivity contribution in [3.05, 3.63) is 23.8 Å². The molecule has 1 amide bonds. The monoisotopic (exact) mass is 309 g/mol. The van der Waals surface area contributed by atoms with E-state index >= 15 is 0 Å². The molecule has 2 N–H and O–H groups in total. The van der Waals surface area contributed by atoms with E-state index in [9.17, 15) is 9.90 Å². The van der Waals surface area contributed by atoms with Crippen molar-refractivity contribution in [2.24, 2.45) is 5.92 Å². The first-order valence-corrected chi connectivity index (χ1v) is 7.36. The van der Waals surface area contributed by atoms with Gasteiger partial charge in [0, 0.05) is 31.7 Å². The first-order valence-electron chi connectivity index (χ1n) is 7.36. The highest BCUT2D eigenvalue weighted by atomic mass is 16.5. The minimum absolute atomic E-state index is 0.0454. The molecule has 0 aromatic heterocycles. The minimum Gasteiger partial charge on any atom is -0.497 e. The van der Waals surface area contributed by atoms with Crippen LogP contribution < -0.4 is 9.47 Å². The summed E-state index contributed by atoms with van der Waals surface area (Å²) < 4.78 is 10.4. The van der Waals surface area contributed by atoms with Gasteiger partial charge in [0.2, 0.25) is 5.91 Å². The summed E-state index contributed by atoms with van der Waals surface area (Å²) in [6.45, 7) is 0.781. The zero-order chi connectivity index (χ0) is 16.1. The third kappa shape index (κ3) is 3.90. The number of hydrogen-bond donors (Lipinski definition) is 2. The van der Waals surface area contributed by atoms with Crippen LogP contribution in [0.2, 0.25) is 0 Å². The second-order valence-electron chi connectivity index (χ2n) is 5.54. The summed E-state index contributed by atoms with van der Waals surface area (Å²) in [4.78, 5) is 14.0. The maximum absolute atomic E-state index is 12.4. The maximum Gasteiger partial charge on any atom is 0.227 e. The summed E-state index contributed by atoms with van der Waals surface area (Å²) in [7, 11) is 3.13. The largest absolute Gasteiger partial charge is 0.497 e. The topological polar surface area (TPSA) is 79.2 Å². The summed E-state index contributed by atoms with van der Waals surface area (Å²) in [6, 6.07) is 5.36. The number of methoxy groups -OCH3 is 2. The van der Waals surface area contributed by atoms with Crippen LogP contribution in [0.5, 0.6) is 11.5 Å². The Balaban J connectivity index is 2.03. The van der Waals surface area contributed by atoms with Crippen LogP contribution in [0.25, 0.3) is 0 Å². The normalized spacial score (nSPS) is 21.5. The van der Waals surface area contributed by atoms with Crippen molar-refractivity contribution in [3.63, 3.8) is 0 Å². The van der Waals surface area contributed by atoms with Gasteiger partial charge in [-0.05, 0) is 24.1 Å². The highest BCUT2D eigenvalue weighted by Crippen LogP contribution is 2.24. The third-order valence-corrected chi connectivity index (χ3v) is 4.08. The number of likely N-dealkylation sites (tertiary alicyclic amines) is 1. The van der Waals surface area contributed by atoms with Crippen LogP contribution in [-0.2, 0) is 11.2 Å². The summed E-state index contributed by atoms with van der Waals surface area (Å²) in [5.41, 5.74) is 0.806. The van der Waals surface area contributed by atoms with E-state index in [1.165, 1.54) is 0 Å². The number of rotatable bonds is 5. The second-order valence-corrected chi connectivity index (χ2v) is 5.54. The molecule has 2 atom stereocenters. The molecule has 0 aliphatic carbocycles. The molecule has 6 nitrogen and oxygen atoms in total. The first-order chi connectivity index (χ1) is 10.6. The Labute approximate surface area is 130 Å². The first kappa shape index (κ1) is 16.6. The van der Waals surface area contributed by atoms with E-state index < -0.39 is 6.10 Å². The molecule has 0 unspecified atom stereocenters. The molecule has 1 heterocycles. The summed E-state index contributed by atoms with van der Waals surface area (Å²) in [5, 5.41) is 19.1. The Morgan fingerprint density at radius 2 is 1.91 bits per heavy atom. The Morgan fingerprint density at radius 3 is 2.41 bits per heavy atom. The van der Waals surface area contributed by atoms with Gasteiger partial charge in [0.1, 0.15) is 11.5 Å². The molecule has 1 saturated heterocycles. The number of nitrogens with zero attached hydrogens (tertiary/aromatic N) is 1. The maximum atomic E-state index is 12.4. The zero-order valence-electron chi connectivity index (χ0n) is 13.0. The quantitative estimate of drug-likeness (QED) is 0.825. The number of amides is 1. The highest BCUT2D eigenvalue weighted by Gasteiger charge is 2.29. The molecule has 1 aromatic carbocycles. The van der Waals surface area contributed by atoms with Gasteiger partial charge in [-0.2, -0.15) is 0 Å². The molecular formula is C16H23NO5. The second kappa shape index (κ2) is 7.47. The third-order valence-electron chi connectivity index (χ3n) is 4.08. The van der Waals surface area contributed by atoms with Crippen LogP contribution in [0, 0.1) is 5.92 Å². The number of piperidine rings is 1. The Hall–Kier alpha value is -1.79. The van der Waals surface area contributed by atoms with Crippen molar-refractivity contribution in [1.82, 2.24) is 4.90 Å². The van der Waals surface area contributed by atoms with Gasteiger partial charge in [-0.1, -0.05) is 0 Å². The minimum atomic E-state index is -0.664. The predicted octanol–water partition coefficient (Wildman–Crippen LogP) is 0.448. The average Bonchev–Trinajstić information content (AvgIpc) is 2.54. The highest BCUT2D eigenvalue weighted by molar-refractivity contribution is 5.79. The summed E-state index contributed by atoms with van der Waals surface area (Å²) >= 11 is 0. The van der Waals surface area contributed by atoms with Crippen molar-refractivity contribution in [2.45, 2.75) is 18.9 Å². The van der Waals surface area contributed by atoms with Crippen molar-refractivity contribution >= 4 is 5.91 Å². The van der Waals surface area contributed by atoms with Gasteiger partial charge in [0.05, 0.1) is 26.7 Å². The Bertz CT molecular complexity index is 497. The van der Waals surface area contributed by atoms with E-state index in [0.717, 1.165) is 5.56 Å². The zero-order valence-corrected chi connectivity index (χ0v) is 13.0. The lowest BCUT2D eigenvalue weighted by Gasteiger charge is -2.35. The molecule has 6 heteroatoms. The van der Waals surface area contributed by atoms with Crippen LogP contribution in [0.4, 0.5) is 0 Å². The average molecular weight is 309 g/mol. The van der Waals surface area contributed by atoms with Gasteiger partial charge >= 0.3 is 0 Å². The molecule has 1 fully saturated rings. The standard InChI is InChI=1S/C16H23NO5/c1-21-13-5-11(6-14(8-13)22-2)7-16(20)17-4-3-12(10-18)15(19)9-17/h5-6,8,12,15,18-19H,3-4,7,9-10H2,1-2H3/t12-,15-/m1/s1. The fraction of sp³-hybridized carbons (Fsp3) is 0.562. The van der Waals surface area contributed by atoms with Gasteiger partial charge in [0.15, 0.2) is 0 Å². The van der Waals surface area contributed by atoms with Crippen LogP contribution >= 0.6 is 0 Å². The van der Waals surface area contributed by atoms with E-state index in [4.69, 9.17) is 14.6 Å². The summed E-state index contributed by atoms with van der Waals surface area (Å²) in [5.74, 6) is 1.09. The molecule has 2 rings (SSSR count). The number of carbonyl (C=O) groups is 1. The number of hydrogen-bond acceptors (Lipinski definition) is 5. The van der Waals surface area contributed by atoms with Gasteiger partial charge in [-0.3, -0.25) is 4.79 Å². The van der Waals surface area contributed by atoms with Crippen molar-refractivity contribution < 1.29 is 24.5 Å². The fourth-order valence-electron chi connectivity index (χ4n) is 2.67. The fourth-order valence-corrected chi connectivity index (χ4v) is 2.67. The van der Waals surface area contributed by atoms with E-state index in [0.29, 0.717) is 24.5 Å².